The van der Waals surface area contributed by atoms with Crippen LogP contribution in [-0.2, 0) is 6.54 Å². The number of thiazole rings is 1. The number of nitrogens with zero attached hydrogens (tertiary/aromatic N) is 4. The number of urea groups is 1. The first kappa shape index (κ1) is 21.4. The van der Waals surface area contributed by atoms with Gasteiger partial charge >= 0.3 is 6.03 Å². The molecule has 32 heavy (non-hydrogen) atoms. The molecule has 1 saturated heterocycles. The molecule has 6 nitrogen and oxygen atoms in total. The molecule has 3 heterocycles. The van der Waals surface area contributed by atoms with Crippen molar-refractivity contribution < 1.29 is 9.18 Å². The number of aromatic nitrogens is 2. The lowest BCUT2D eigenvalue weighted by molar-refractivity contribution is 0.131. The fourth-order valence-electron chi connectivity index (χ4n) is 4.82. The molecule has 2 aliphatic rings. The van der Waals surface area contributed by atoms with E-state index in [2.05, 4.69) is 27.7 Å². The summed E-state index contributed by atoms with van der Waals surface area (Å²) in [7, 11) is 0. The van der Waals surface area contributed by atoms with E-state index >= 15 is 0 Å². The summed E-state index contributed by atoms with van der Waals surface area (Å²) in [6, 6.07) is 7.00. The fraction of sp³-hybridized carbons (Fsp3) is 0.500. The monoisotopic (exact) mass is 455 g/mol. The molecule has 8 heteroatoms. The molecule has 2 fully saturated rings. The molecule has 1 N–H and O–H groups in total. The highest BCUT2D eigenvalue weighted by Crippen LogP contribution is 2.29. The number of carbonyl (C=O) groups excluding carboxylic acids is 1. The summed E-state index contributed by atoms with van der Waals surface area (Å²) < 4.78 is 15.6. The molecule has 0 spiro atoms. The summed E-state index contributed by atoms with van der Waals surface area (Å²) in [5.74, 6) is -0.241. The molecule has 5 rings (SSSR count). The van der Waals surface area contributed by atoms with E-state index in [1.54, 1.807) is 23.5 Å². The van der Waals surface area contributed by atoms with Crippen LogP contribution in [0.2, 0.25) is 0 Å². The normalized spacial score (nSPS) is 18.4. The number of benzene rings is 1. The first-order valence-corrected chi connectivity index (χ1v) is 12.4. The minimum atomic E-state index is -0.241. The third-order valence-corrected chi connectivity index (χ3v) is 7.52. The summed E-state index contributed by atoms with van der Waals surface area (Å²) in [6.45, 7) is 5.96. The summed E-state index contributed by atoms with van der Waals surface area (Å²) in [4.78, 5) is 24.1. The van der Waals surface area contributed by atoms with Crippen LogP contribution in [0, 0.1) is 12.7 Å². The van der Waals surface area contributed by atoms with Crippen molar-refractivity contribution in [3.8, 4) is 11.3 Å². The van der Waals surface area contributed by atoms with Crippen molar-refractivity contribution in [1.82, 2.24) is 24.5 Å². The van der Waals surface area contributed by atoms with E-state index in [0.29, 0.717) is 6.04 Å². The van der Waals surface area contributed by atoms with Gasteiger partial charge in [-0.3, -0.25) is 9.30 Å². The van der Waals surface area contributed by atoms with Crippen molar-refractivity contribution in [3.05, 3.63) is 46.9 Å². The van der Waals surface area contributed by atoms with Crippen LogP contribution in [0.1, 0.15) is 42.7 Å². The SMILES string of the molecule is Cc1cn2c(CN3CCN(C(=O)NC4CCCCC4)CC3)c(-c3ccc(F)cc3)nc2s1. The quantitative estimate of drug-likeness (QED) is 0.622. The molecule has 0 atom stereocenters. The number of amides is 2. The second-order valence-corrected chi connectivity index (χ2v) is 10.2. The Bertz CT molecular complexity index is 1080. The Morgan fingerprint density at radius 1 is 1.12 bits per heavy atom. The van der Waals surface area contributed by atoms with Crippen LogP contribution in [0.5, 0.6) is 0 Å². The number of rotatable bonds is 4. The lowest BCUT2D eigenvalue weighted by atomic mass is 9.96. The largest absolute Gasteiger partial charge is 0.335 e. The van der Waals surface area contributed by atoms with Crippen molar-refractivity contribution in [3.63, 3.8) is 0 Å². The summed E-state index contributed by atoms with van der Waals surface area (Å²) in [5, 5.41) is 3.24. The van der Waals surface area contributed by atoms with Gasteiger partial charge in [0.05, 0.1) is 11.4 Å². The average Bonchev–Trinajstić information content (AvgIpc) is 3.32. The van der Waals surface area contributed by atoms with Gasteiger partial charge in [-0.2, -0.15) is 0 Å². The van der Waals surface area contributed by atoms with Crippen molar-refractivity contribution in [2.45, 2.75) is 51.6 Å². The second kappa shape index (κ2) is 9.19. The molecule has 0 radical (unpaired) electrons. The van der Waals surface area contributed by atoms with Gasteiger partial charge in [0.1, 0.15) is 5.82 Å². The molecule has 3 aromatic rings. The van der Waals surface area contributed by atoms with E-state index in [1.807, 2.05) is 4.90 Å². The van der Waals surface area contributed by atoms with Crippen molar-refractivity contribution >= 4 is 22.3 Å². The zero-order chi connectivity index (χ0) is 22.1. The maximum absolute atomic E-state index is 13.5. The number of halogens is 1. The summed E-state index contributed by atoms with van der Waals surface area (Å²) >= 11 is 1.67. The molecule has 1 saturated carbocycles. The third kappa shape index (κ3) is 4.52. The zero-order valence-corrected chi connectivity index (χ0v) is 19.3. The first-order valence-electron chi connectivity index (χ1n) is 11.6. The maximum atomic E-state index is 13.5. The standard InChI is InChI=1S/C24H30FN5OS/c1-17-15-30-21(22(27-24(30)32-17)18-7-9-19(25)10-8-18)16-28-11-13-29(14-12-28)23(31)26-20-5-3-2-4-6-20/h7-10,15,20H,2-6,11-14,16H2,1H3,(H,26,31). The van der Waals surface area contributed by atoms with Crippen LogP contribution < -0.4 is 5.32 Å². The van der Waals surface area contributed by atoms with Crippen LogP contribution in [-0.4, -0.2) is 57.4 Å². The summed E-state index contributed by atoms with van der Waals surface area (Å²) in [6.07, 6.45) is 8.07. The van der Waals surface area contributed by atoms with E-state index in [0.717, 1.165) is 67.5 Å². The topological polar surface area (TPSA) is 52.9 Å². The molecular weight excluding hydrogens is 425 g/mol. The van der Waals surface area contributed by atoms with Gasteiger partial charge in [0.25, 0.3) is 0 Å². The highest BCUT2D eigenvalue weighted by Gasteiger charge is 2.26. The number of hydrogen-bond donors (Lipinski definition) is 1. The highest BCUT2D eigenvalue weighted by atomic mass is 32.1. The molecule has 1 aliphatic heterocycles. The van der Waals surface area contributed by atoms with Crippen LogP contribution >= 0.6 is 11.3 Å². The van der Waals surface area contributed by atoms with Gasteiger partial charge in [-0.1, -0.05) is 19.3 Å². The number of aryl methyl sites for hydroxylation is 1. The number of imidazole rings is 1. The molecule has 0 unspecified atom stereocenters. The minimum absolute atomic E-state index is 0.0868. The van der Waals surface area contributed by atoms with Gasteiger partial charge in [-0.15, -0.1) is 11.3 Å². The van der Waals surface area contributed by atoms with Crippen LogP contribution in [0.25, 0.3) is 16.2 Å². The van der Waals surface area contributed by atoms with Crippen LogP contribution in [0.4, 0.5) is 9.18 Å². The number of nitrogens with one attached hydrogen (secondary N) is 1. The second-order valence-electron chi connectivity index (χ2n) is 8.96. The third-order valence-electron chi connectivity index (χ3n) is 6.62. The first-order chi connectivity index (χ1) is 15.6. The van der Waals surface area contributed by atoms with Crippen molar-refractivity contribution in [1.29, 1.82) is 0 Å². The number of carbonyl (C=O) groups is 1. The van der Waals surface area contributed by atoms with Crippen molar-refractivity contribution in [2.75, 3.05) is 26.2 Å². The predicted octanol–water partition coefficient (Wildman–Crippen LogP) is 4.67. The van der Waals surface area contributed by atoms with E-state index in [4.69, 9.17) is 4.98 Å². The molecule has 170 valence electrons. The van der Waals surface area contributed by atoms with Crippen LogP contribution in [0.15, 0.2) is 30.5 Å². The Morgan fingerprint density at radius 3 is 2.56 bits per heavy atom. The maximum Gasteiger partial charge on any atom is 0.317 e. The lowest BCUT2D eigenvalue weighted by Crippen LogP contribution is -2.53. The predicted molar refractivity (Wildman–Crippen MR) is 125 cm³/mol. The van der Waals surface area contributed by atoms with Crippen LogP contribution in [0.3, 0.4) is 0 Å². The Hall–Kier alpha value is -2.45. The average molecular weight is 456 g/mol. The van der Waals surface area contributed by atoms with Crippen molar-refractivity contribution in [2.24, 2.45) is 0 Å². The Morgan fingerprint density at radius 2 is 1.84 bits per heavy atom. The molecule has 2 aromatic heterocycles. The summed E-state index contributed by atoms with van der Waals surface area (Å²) in [5.41, 5.74) is 2.96. The number of hydrogen-bond acceptors (Lipinski definition) is 4. The zero-order valence-electron chi connectivity index (χ0n) is 18.5. The Labute approximate surface area is 192 Å². The molecule has 1 aliphatic carbocycles. The number of fused-ring (bicyclic) bond motifs is 1. The molecule has 0 bridgehead atoms. The minimum Gasteiger partial charge on any atom is -0.335 e. The van der Waals surface area contributed by atoms with Gasteiger partial charge < -0.3 is 10.2 Å². The van der Waals surface area contributed by atoms with E-state index in [-0.39, 0.29) is 11.8 Å². The van der Waals surface area contributed by atoms with Gasteiger partial charge in [0, 0.05) is 55.4 Å². The lowest BCUT2D eigenvalue weighted by Gasteiger charge is -2.36. The van der Waals surface area contributed by atoms with E-state index in [9.17, 15) is 9.18 Å². The number of piperazine rings is 1. The molecule has 1 aromatic carbocycles. The van der Waals surface area contributed by atoms with Gasteiger partial charge in [-0.05, 0) is 44.0 Å². The van der Waals surface area contributed by atoms with Gasteiger partial charge in [0.15, 0.2) is 4.96 Å². The molecule has 2 amide bonds. The van der Waals surface area contributed by atoms with E-state index in [1.165, 1.54) is 36.3 Å². The van der Waals surface area contributed by atoms with E-state index < -0.39 is 0 Å². The fourth-order valence-corrected chi connectivity index (χ4v) is 5.67. The Kier molecular flexibility index (Phi) is 6.15. The molecular formula is C24H30FN5OS. The highest BCUT2D eigenvalue weighted by molar-refractivity contribution is 7.17. The van der Waals surface area contributed by atoms with Gasteiger partial charge in [0.2, 0.25) is 0 Å². The van der Waals surface area contributed by atoms with Gasteiger partial charge in [-0.25, -0.2) is 14.2 Å². The Balaban J connectivity index is 1.27. The smallest absolute Gasteiger partial charge is 0.317 e.